The molecule has 0 atom stereocenters. The second-order valence-electron chi connectivity index (χ2n) is 5.55. The van der Waals surface area contributed by atoms with Gasteiger partial charge in [-0.25, -0.2) is 0 Å². The molecule has 0 bridgehead atoms. The standard InChI is InChI=1S/C15H21BrN2O3S/c1-17(8-13-7-12(16)10-22-13)14(19)9-18-5-3-11(4-6-18)15(20)21-2/h7,10-11H,3-6,8-9H2,1-2H3. The van der Waals surface area contributed by atoms with Crippen molar-refractivity contribution in [3.05, 3.63) is 20.8 Å². The molecule has 1 aromatic heterocycles. The van der Waals surface area contributed by atoms with Gasteiger partial charge in [0, 0.05) is 21.8 Å². The number of likely N-dealkylation sites (tertiary alicyclic amines) is 1. The summed E-state index contributed by atoms with van der Waals surface area (Å²) in [5.74, 6) is -0.0371. The van der Waals surface area contributed by atoms with Crippen molar-refractivity contribution in [2.45, 2.75) is 19.4 Å². The van der Waals surface area contributed by atoms with Gasteiger partial charge in [0.1, 0.15) is 0 Å². The summed E-state index contributed by atoms with van der Waals surface area (Å²) in [4.78, 5) is 28.8. The number of carbonyl (C=O) groups is 2. The lowest BCUT2D eigenvalue weighted by Crippen LogP contribution is -2.43. The van der Waals surface area contributed by atoms with Gasteiger partial charge in [0.25, 0.3) is 0 Å². The summed E-state index contributed by atoms with van der Waals surface area (Å²) >= 11 is 5.06. The fourth-order valence-electron chi connectivity index (χ4n) is 2.56. The highest BCUT2D eigenvalue weighted by Crippen LogP contribution is 2.21. The van der Waals surface area contributed by atoms with Crippen LogP contribution in [0.15, 0.2) is 15.9 Å². The van der Waals surface area contributed by atoms with Gasteiger partial charge in [0.15, 0.2) is 0 Å². The number of piperidine rings is 1. The molecule has 0 aliphatic carbocycles. The number of halogens is 1. The number of nitrogens with zero attached hydrogens (tertiary/aromatic N) is 2. The zero-order chi connectivity index (χ0) is 16.1. The smallest absolute Gasteiger partial charge is 0.308 e. The third-order valence-electron chi connectivity index (χ3n) is 3.92. The van der Waals surface area contributed by atoms with Crippen molar-refractivity contribution in [1.82, 2.24) is 9.80 Å². The maximum Gasteiger partial charge on any atom is 0.308 e. The summed E-state index contributed by atoms with van der Waals surface area (Å²) < 4.78 is 5.83. The minimum Gasteiger partial charge on any atom is -0.469 e. The molecule has 7 heteroatoms. The molecule has 0 aromatic carbocycles. The molecule has 0 spiro atoms. The fourth-order valence-corrected chi connectivity index (χ4v) is 4.07. The molecule has 122 valence electrons. The normalized spacial score (nSPS) is 16.5. The molecular formula is C15H21BrN2O3S. The van der Waals surface area contributed by atoms with Crippen LogP contribution in [0.25, 0.3) is 0 Å². The van der Waals surface area contributed by atoms with E-state index >= 15 is 0 Å². The molecule has 0 unspecified atom stereocenters. The quantitative estimate of drug-likeness (QED) is 0.726. The van der Waals surface area contributed by atoms with Crippen molar-refractivity contribution in [2.75, 3.05) is 33.8 Å². The van der Waals surface area contributed by atoms with Crippen molar-refractivity contribution < 1.29 is 14.3 Å². The Balaban J connectivity index is 1.76. The van der Waals surface area contributed by atoms with Crippen molar-refractivity contribution in [3.63, 3.8) is 0 Å². The molecule has 0 saturated carbocycles. The third-order valence-corrected chi connectivity index (χ3v) is 5.60. The third kappa shape index (κ3) is 4.79. The van der Waals surface area contributed by atoms with Gasteiger partial charge in [-0.2, -0.15) is 0 Å². The lowest BCUT2D eigenvalue weighted by Gasteiger charge is -2.31. The average Bonchev–Trinajstić information content (AvgIpc) is 2.92. The van der Waals surface area contributed by atoms with E-state index in [0.717, 1.165) is 35.3 Å². The van der Waals surface area contributed by atoms with E-state index in [9.17, 15) is 9.59 Å². The van der Waals surface area contributed by atoms with E-state index in [1.165, 1.54) is 7.11 Å². The number of ether oxygens (including phenoxy) is 1. The number of thiophene rings is 1. The molecule has 2 heterocycles. The van der Waals surface area contributed by atoms with Crippen molar-refractivity contribution in [2.24, 2.45) is 5.92 Å². The maximum absolute atomic E-state index is 12.3. The number of likely N-dealkylation sites (N-methyl/N-ethyl adjacent to an activating group) is 1. The first-order chi connectivity index (χ1) is 10.5. The number of carbonyl (C=O) groups excluding carboxylic acids is 2. The first-order valence-corrected chi connectivity index (χ1v) is 8.94. The Morgan fingerprint density at radius 1 is 1.45 bits per heavy atom. The minimum absolute atomic E-state index is 0.0162. The molecule has 2 rings (SSSR count). The van der Waals surface area contributed by atoms with E-state index in [1.807, 2.05) is 18.5 Å². The van der Waals surface area contributed by atoms with Crippen LogP contribution in [0.1, 0.15) is 17.7 Å². The number of amides is 1. The zero-order valence-electron chi connectivity index (χ0n) is 12.9. The summed E-state index contributed by atoms with van der Waals surface area (Å²) in [5.41, 5.74) is 0. The summed E-state index contributed by atoms with van der Waals surface area (Å²) in [7, 11) is 3.26. The summed E-state index contributed by atoms with van der Waals surface area (Å²) in [6.07, 6.45) is 1.53. The Hall–Kier alpha value is -0.920. The van der Waals surface area contributed by atoms with E-state index in [0.29, 0.717) is 13.1 Å². The summed E-state index contributed by atoms with van der Waals surface area (Å²) in [6.45, 7) is 2.58. The van der Waals surface area contributed by atoms with Crippen LogP contribution in [-0.2, 0) is 20.9 Å². The maximum atomic E-state index is 12.3. The Labute approximate surface area is 143 Å². The molecule has 1 aliphatic rings. The van der Waals surface area contributed by atoms with Gasteiger partial charge >= 0.3 is 5.97 Å². The largest absolute Gasteiger partial charge is 0.469 e. The molecular weight excluding hydrogens is 368 g/mol. The van der Waals surface area contributed by atoms with Gasteiger partial charge in [-0.15, -0.1) is 11.3 Å². The topological polar surface area (TPSA) is 49.9 Å². The number of methoxy groups -OCH3 is 1. The number of rotatable bonds is 5. The lowest BCUT2D eigenvalue weighted by molar-refractivity contribution is -0.147. The van der Waals surface area contributed by atoms with Crippen LogP contribution >= 0.6 is 27.3 Å². The first-order valence-electron chi connectivity index (χ1n) is 7.26. The minimum atomic E-state index is -0.133. The van der Waals surface area contributed by atoms with Gasteiger partial charge < -0.3 is 9.64 Å². The van der Waals surface area contributed by atoms with Crippen LogP contribution in [0.5, 0.6) is 0 Å². The summed E-state index contributed by atoms with van der Waals surface area (Å²) in [5, 5.41) is 2.02. The highest BCUT2D eigenvalue weighted by atomic mass is 79.9. The molecule has 0 radical (unpaired) electrons. The molecule has 5 nitrogen and oxygen atoms in total. The zero-order valence-corrected chi connectivity index (χ0v) is 15.3. The van der Waals surface area contributed by atoms with Crippen LogP contribution in [0, 0.1) is 5.92 Å². The Bertz CT molecular complexity index is 527. The van der Waals surface area contributed by atoms with Gasteiger partial charge in [-0.05, 0) is 47.9 Å². The first kappa shape index (κ1) is 17.4. The molecule has 1 aliphatic heterocycles. The fraction of sp³-hybridized carbons (Fsp3) is 0.600. The number of hydrogen-bond donors (Lipinski definition) is 0. The van der Waals surface area contributed by atoms with E-state index in [4.69, 9.17) is 4.74 Å². The second kappa shape index (κ2) is 8.08. The molecule has 0 N–H and O–H groups in total. The molecule has 1 amide bonds. The van der Waals surface area contributed by atoms with Gasteiger partial charge in [-0.1, -0.05) is 0 Å². The predicted molar refractivity (Wildman–Crippen MR) is 89.7 cm³/mol. The van der Waals surface area contributed by atoms with Crippen molar-refractivity contribution in [1.29, 1.82) is 0 Å². The highest BCUT2D eigenvalue weighted by molar-refractivity contribution is 9.10. The monoisotopic (exact) mass is 388 g/mol. The number of esters is 1. The highest BCUT2D eigenvalue weighted by Gasteiger charge is 2.27. The number of hydrogen-bond acceptors (Lipinski definition) is 5. The Morgan fingerprint density at radius 2 is 2.14 bits per heavy atom. The lowest BCUT2D eigenvalue weighted by atomic mass is 9.97. The average molecular weight is 389 g/mol. The van der Waals surface area contributed by atoms with Gasteiger partial charge in [0.05, 0.1) is 26.1 Å². The van der Waals surface area contributed by atoms with Crippen LogP contribution < -0.4 is 0 Å². The van der Waals surface area contributed by atoms with Crippen LogP contribution in [-0.4, -0.2) is 55.5 Å². The predicted octanol–water partition coefficient (Wildman–Crippen LogP) is 2.35. The van der Waals surface area contributed by atoms with E-state index in [-0.39, 0.29) is 17.8 Å². The van der Waals surface area contributed by atoms with Crippen LogP contribution in [0.2, 0.25) is 0 Å². The SMILES string of the molecule is COC(=O)C1CCN(CC(=O)N(C)Cc2cc(Br)cs2)CC1. The van der Waals surface area contributed by atoms with Crippen molar-refractivity contribution in [3.8, 4) is 0 Å². The molecule has 1 saturated heterocycles. The van der Waals surface area contributed by atoms with E-state index in [1.54, 1.807) is 16.2 Å². The molecule has 1 aromatic rings. The Kier molecular flexibility index (Phi) is 6.40. The molecule has 22 heavy (non-hydrogen) atoms. The Morgan fingerprint density at radius 3 is 2.68 bits per heavy atom. The van der Waals surface area contributed by atoms with Crippen LogP contribution in [0.3, 0.4) is 0 Å². The van der Waals surface area contributed by atoms with E-state index < -0.39 is 0 Å². The van der Waals surface area contributed by atoms with E-state index in [2.05, 4.69) is 20.8 Å². The summed E-state index contributed by atoms with van der Waals surface area (Å²) in [6, 6.07) is 2.04. The van der Waals surface area contributed by atoms with Crippen molar-refractivity contribution >= 4 is 39.1 Å². The second-order valence-corrected chi connectivity index (χ2v) is 7.47. The molecule has 1 fully saturated rings. The van der Waals surface area contributed by atoms with Crippen LogP contribution in [0.4, 0.5) is 0 Å². The van der Waals surface area contributed by atoms with Gasteiger partial charge in [-0.3, -0.25) is 14.5 Å². The van der Waals surface area contributed by atoms with Gasteiger partial charge in [0.2, 0.25) is 5.91 Å².